The number of aryl methyl sites for hydroxylation is 1. The number of ether oxygens (including phenoxy) is 1. The van der Waals surface area contributed by atoms with Gasteiger partial charge >= 0.3 is 0 Å². The molecule has 0 radical (unpaired) electrons. The number of hydrogen-bond donors (Lipinski definition) is 2. The van der Waals surface area contributed by atoms with Crippen molar-refractivity contribution in [2.45, 2.75) is 39.8 Å². The van der Waals surface area contributed by atoms with Crippen molar-refractivity contribution in [3.8, 4) is 0 Å². The Morgan fingerprint density at radius 2 is 2.17 bits per heavy atom. The van der Waals surface area contributed by atoms with E-state index in [0.29, 0.717) is 0 Å². The van der Waals surface area contributed by atoms with E-state index in [1.165, 1.54) is 5.56 Å². The second-order valence-electron chi connectivity index (χ2n) is 4.55. The van der Waals surface area contributed by atoms with Crippen molar-refractivity contribution in [3.63, 3.8) is 0 Å². The first kappa shape index (κ1) is 14.9. The fourth-order valence-corrected chi connectivity index (χ4v) is 1.61. The maximum absolute atomic E-state index is 5.19. The predicted octanol–water partition coefficient (Wildman–Crippen LogP) is 2.34. The summed E-state index contributed by atoms with van der Waals surface area (Å²) in [6.45, 7) is 8.96. The van der Waals surface area contributed by atoms with Gasteiger partial charge in [-0.1, -0.05) is 13.0 Å². The average molecular weight is 251 g/mol. The molecule has 0 saturated carbocycles. The van der Waals surface area contributed by atoms with Gasteiger partial charge in [0.25, 0.3) is 0 Å². The monoisotopic (exact) mass is 251 g/mol. The zero-order valence-electron chi connectivity index (χ0n) is 11.9. The first-order valence-corrected chi connectivity index (χ1v) is 6.61. The Bertz CT molecular complexity index is 355. The van der Waals surface area contributed by atoms with Crippen LogP contribution in [0.15, 0.2) is 12.1 Å². The fraction of sp³-hybridized carbons (Fsp3) is 0.643. The predicted molar refractivity (Wildman–Crippen MR) is 75.9 cm³/mol. The molecule has 0 aliphatic carbocycles. The molecule has 18 heavy (non-hydrogen) atoms. The smallest absolute Gasteiger partial charge is 0.126 e. The summed E-state index contributed by atoms with van der Waals surface area (Å²) in [5.74, 6) is 0.913. The van der Waals surface area contributed by atoms with Gasteiger partial charge in [-0.2, -0.15) is 0 Å². The van der Waals surface area contributed by atoms with E-state index in [-0.39, 0.29) is 6.10 Å². The van der Waals surface area contributed by atoms with Crippen LogP contribution in [0.5, 0.6) is 0 Å². The van der Waals surface area contributed by atoms with Crippen molar-refractivity contribution in [3.05, 3.63) is 23.4 Å². The minimum Gasteiger partial charge on any atom is -0.380 e. The summed E-state index contributed by atoms with van der Waals surface area (Å²) < 4.78 is 5.19. The molecule has 0 saturated heterocycles. The zero-order valence-corrected chi connectivity index (χ0v) is 11.9. The molecular weight excluding hydrogens is 226 g/mol. The summed E-state index contributed by atoms with van der Waals surface area (Å²) in [7, 11) is 1.72. The van der Waals surface area contributed by atoms with E-state index in [9.17, 15) is 0 Å². The first-order chi connectivity index (χ1) is 8.67. The molecule has 1 heterocycles. The number of nitrogens with one attached hydrogen (secondary N) is 2. The Labute approximate surface area is 110 Å². The number of anilines is 1. The highest BCUT2D eigenvalue weighted by atomic mass is 16.5. The topological polar surface area (TPSA) is 46.2 Å². The van der Waals surface area contributed by atoms with Gasteiger partial charge in [0.1, 0.15) is 5.82 Å². The Balaban J connectivity index is 2.50. The SMILES string of the molecule is CCCNCc1ccc(NCC(C)OC)nc1C. The van der Waals surface area contributed by atoms with Crippen LogP contribution in [0.1, 0.15) is 31.5 Å². The summed E-state index contributed by atoms with van der Waals surface area (Å²) in [6, 6.07) is 4.16. The molecule has 102 valence electrons. The minimum absolute atomic E-state index is 0.193. The summed E-state index contributed by atoms with van der Waals surface area (Å²) in [4.78, 5) is 4.55. The summed E-state index contributed by atoms with van der Waals surface area (Å²) >= 11 is 0. The Hall–Kier alpha value is -1.13. The third-order valence-electron chi connectivity index (χ3n) is 2.91. The van der Waals surface area contributed by atoms with E-state index in [0.717, 1.165) is 37.6 Å². The molecule has 0 aromatic carbocycles. The summed E-state index contributed by atoms with van der Waals surface area (Å²) in [5.41, 5.74) is 2.34. The summed E-state index contributed by atoms with van der Waals surface area (Å²) in [6.07, 6.45) is 1.35. The van der Waals surface area contributed by atoms with E-state index in [4.69, 9.17) is 4.74 Å². The van der Waals surface area contributed by atoms with Crippen LogP contribution in [0.4, 0.5) is 5.82 Å². The van der Waals surface area contributed by atoms with E-state index in [1.807, 2.05) is 19.9 Å². The van der Waals surface area contributed by atoms with Crippen LogP contribution < -0.4 is 10.6 Å². The molecule has 0 amide bonds. The molecule has 0 aliphatic heterocycles. The van der Waals surface area contributed by atoms with Crippen molar-refractivity contribution in [1.82, 2.24) is 10.3 Å². The molecule has 0 aliphatic rings. The number of pyridine rings is 1. The molecule has 2 N–H and O–H groups in total. The zero-order chi connectivity index (χ0) is 13.4. The lowest BCUT2D eigenvalue weighted by Gasteiger charge is -2.13. The van der Waals surface area contributed by atoms with Crippen LogP contribution in [0.3, 0.4) is 0 Å². The number of rotatable bonds is 8. The fourth-order valence-electron chi connectivity index (χ4n) is 1.61. The minimum atomic E-state index is 0.193. The van der Waals surface area contributed by atoms with Crippen LogP contribution in [-0.2, 0) is 11.3 Å². The highest BCUT2D eigenvalue weighted by Gasteiger charge is 2.03. The normalized spacial score (nSPS) is 12.4. The average Bonchev–Trinajstić information content (AvgIpc) is 2.38. The number of aromatic nitrogens is 1. The van der Waals surface area contributed by atoms with Crippen molar-refractivity contribution in [2.24, 2.45) is 0 Å². The molecule has 0 fully saturated rings. The second kappa shape index (κ2) is 8.06. The highest BCUT2D eigenvalue weighted by molar-refractivity contribution is 5.38. The molecule has 1 aromatic heterocycles. The molecule has 1 aromatic rings. The number of nitrogens with zero attached hydrogens (tertiary/aromatic N) is 1. The molecule has 1 atom stereocenters. The van der Waals surface area contributed by atoms with Crippen LogP contribution in [0.25, 0.3) is 0 Å². The lowest BCUT2D eigenvalue weighted by Crippen LogP contribution is -2.19. The van der Waals surface area contributed by atoms with Crippen LogP contribution >= 0.6 is 0 Å². The number of methoxy groups -OCH3 is 1. The van der Waals surface area contributed by atoms with Gasteiger partial charge in [0.15, 0.2) is 0 Å². The van der Waals surface area contributed by atoms with Crippen molar-refractivity contribution < 1.29 is 4.74 Å². The van der Waals surface area contributed by atoms with Gasteiger partial charge in [-0.25, -0.2) is 4.98 Å². The van der Waals surface area contributed by atoms with Gasteiger partial charge in [-0.3, -0.25) is 0 Å². The molecule has 0 bridgehead atoms. The third-order valence-corrected chi connectivity index (χ3v) is 2.91. The molecule has 1 rings (SSSR count). The molecule has 1 unspecified atom stereocenters. The molecular formula is C14H25N3O. The quantitative estimate of drug-likeness (QED) is 0.696. The lowest BCUT2D eigenvalue weighted by atomic mass is 10.2. The van der Waals surface area contributed by atoms with Gasteiger partial charge in [-0.05, 0) is 38.4 Å². The van der Waals surface area contributed by atoms with Crippen LogP contribution in [-0.4, -0.2) is 31.3 Å². The Kier molecular flexibility index (Phi) is 6.68. The second-order valence-corrected chi connectivity index (χ2v) is 4.55. The van der Waals surface area contributed by atoms with Crippen LogP contribution in [0, 0.1) is 6.92 Å². The lowest BCUT2D eigenvalue weighted by molar-refractivity contribution is 0.128. The maximum atomic E-state index is 5.19. The number of hydrogen-bond acceptors (Lipinski definition) is 4. The maximum Gasteiger partial charge on any atom is 0.126 e. The largest absolute Gasteiger partial charge is 0.380 e. The highest BCUT2D eigenvalue weighted by Crippen LogP contribution is 2.10. The Morgan fingerprint density at radius 1 is 1.39 bits per heavy atom. The van der Waals surface area contributed by atoms with E-state index in [2.05, 4.69) is 28.6 Å². The standard InChI is InChI=1S/C14H25N3O/c1-5-8-15-10-13-6-7-14(17-12(13)3)16-9-11(2)18-4/h6-7,11,15H,5,8-10H2,1-4H3,(H,16,17). The van der Waals surface area contributed by atoms with Crippen molar-refractivity contribution in [2.75, 3.05) is 25.5 Å². The Morgan fingerprint density at radius 3 is 2.78 bits per heavy atom. The molecule has 4 heteroatoms. The van der Waals surface area contributed by atoms with Gasteiger partial charge < -0.3 is 15.4 Å². The molecule has 4 nitrogen and oxygen atoms in total. The first-order valence-electron chi connectivity index (χ1n) is 6.61. The van der Waals surface area contributed by atoms with Gasteiger partial charge in [-0.15, -0.1) is 0 Å². The van der Waals surface area contributed by atoms with Gasteiger partial charge in [0, 0.05) is 25.9 Å². The van der Waals surface area contributed by atoms with Crippen molar-refractivity contribution in [1.29, 1.82) is 0 Å². The van der Waals surface area contributed by atoms with Crippen LogP contribution in [0.2, 0.25) is 0 Å². The third kappa shape index (κ3) is 5.02. The van der Waals surface area contributed by atoms with E-state index >= 15 is 0 Å². The van der Waals surface area contributed by atoms with E-state index in [1.54, 1.807) is 7.11 Å². The van der Waals surface area contributed by atoms with Gasteiger partial charge in [0.05, 0.1) is 6.10 Å². The van der Waals surface area contributed by atoms with Gasteiger partial charge in [0.2, 0.25) is 0 Å². The van der Waals surface area contributed by atoms with E-state index < -0.39 is 0 Å². The summed E-state index contributed by atoms with van der Waals surface area (Å²) in [5, 5.41) is 6.66. The molecule has 0 spiro atoms. The van der Waals surface area contributed by atoms with Crippen molar-refractivity contribution >= 4 is 5.82 Å².